The van der Waals surface area contributed by atoms with E-state index in [0.29, 0.717) is 23.1 Å². The first-order valence-corrected chi connectivity index (χ1v) is 10.7. The summed E-state index contributed by atoms with van der Waals surface area (Å²) in [5.41, 5.74) is 4.89. The number of amides is 1. The Labute approximate surface area is 195 Å². The van der Waals surface area contributed by atoms with Gasteiger partial charge in [-0.05, 0) is 58.8 Å². The van der Waals surface area contributed by atoms with Crippen LogP contribution in [0.2, 0.25) is 5.02 Å². The molecule has 0 heterocycles. The summed E-state index contributed by atoms with van der Waals surface area (Å²) in [7, 11) is 0. The van der Waals surface area contributed by atoms with Crippen LogP contribution in [0, 0.1) is 5.82 Å². The van der Waals surface area contributed by atoms with Crippen molar-refractivity contribution in [2.75, 3.05) is 11.9 Å². The summed E-state index contributed by atoms with van der Waals surface area (Å²) in [5.74, 6) is -0.0238. The highest BCUT2D eigenvalue weighted by molar-refractivity contribution is 6.30. The van der Waals surface area contributed by atoms with Gasteiger partial charge in [0, 0.05) is 16.3 Å². The molecule has 0 atom stereocenters. The van der Waals surface area contributed by atoms with Gasteiger partial charge in [0.15, 0.2) is 0 Å². The number of anilines is 1. The number of carbonyl (C=O) groups excluding carboxylic acids is 1. The molecule has 4 aromatic rings. The number of nitrogens with zero attached hydrogens (tertiary/aromatic N) is 1. The molecular weight excluding hydrogens is 441 g/mol. The van der Waals surface area contributed by atoms with E-state index in [1.807, 2.05) is 60.7 Å². The van der Waals surface area contributed by atoms with E-state index in [-0.39, 0.29) is 18.3 Å². The minimum Gasteiger partial charge on any atom is -0.488 e. The molecule has 4 rings (SSSR count). The van der Waals surface area contributed by atoms with Crippen LogP contribution in [0.25, 0.3) is 10.8 Å². The summed E-state index contributed by atoms with van der Waals surface area (Å²) in [6.45, 7) is 0.364. The van der Waals surface area contributed by atoms with Crippen molar-refractivity contribution in [2.45, 2.75) is 6.61 Å². The van der Waals surface area contributed by atoms with E-state index >= 15 is 0 Å². The highest BCUT2D eigenvalue weighted by Gasteiger charge is 2.08. The van der Waals surface area contributed by atoms with Crippen molar-refractivity contribution in [3.8, 4) is 5.75 Å². The fourth-order valence-corrected chi connectivity index (χ4v) is 3.36. The zero-order valence-corrected chi connectivity index (χ0v) is 18.4. The van der Waals surface area contributed by atoms with Gasteiger partial charge in [-0.1, -0.05) is 54.1 Å². The highest BCUT2D eigenvalue weighted by Crippen LogP contribution is 2.27. The zero-order chi connectivity index (χ0) is 23.0. The Morgan fingerprint density at radius 2 is 1.73 bits per heavy atom. The number of carbonyl (C=O) groups is 1. The van der Waals surface area contributed by atoms with Gasteiger partial charge in [-0.15, -0.1) is 0 Å². The summed E-state index contributed by atoms with van der Waals surface area (Å²) in [6.07, 6.45) is 1.58. The molecule has 0 bridgehead atoms. The monoisotopic (exact) mass is 461 g/mol. The number of nitrogens with one attached hydrogen (secondary N) is 2. The van der Waals surface area contributed by atoms with Crippen molar-refractivity contribution in [1.29, 1.82) is 0 Å². The second-order valence-electron chi connectivity index (χ2n) is 7.27. The minimum atomic E-state index is -0.334. The lowest BCUT2D eigenvalue weighted by Crippen LogP contribution is -2.25. The second-order valence-corrected chi connectivity index (χ2v) is 7.70. The number of hydrogen-bond donors (Lipinski definition) is 2. The predicted octanol–water partition coefficient (Wildman–Crippen LogP) is 5.77. The molecule has 5 nitrogen and oxygen atoms in total. The number of halogens is 2. The molecule has 0 spiro atoms. The Morgan fingerprint density at radius 3 is 2.52 bits per heavy atom. The van der Waals surface area contributed by atoms with Gasteiger partial charge in [-0.2, -0.15) is 5.10 Å². The lowest BCUT2D eigenvalue weighted by molar-refractivity contribution is -0.119. The maximum absolute atomic E-state index is 13.0. The smallest absolute Gasteiger partial charge is 0.259 e. The standard InChI is InChI=1S/C26H21ClFN3O2/c27-20-8-5-18(6-9-20)17-33-25-14-7-19-3-1-2-4-23(19)24(25)15-30-31-26(32)16-29-22-12-10-21(28)11-13-22/h1-15,29H,16-17H2,(H,31,32)/b30-15-. The molecule has 0 unspecified atom stereocenters. The van der Waals surface area contributed by atoms with E-state index in [0.717, 1.165) is 21.9 Å². The fourth-order valence-electron chi connectivity index (χ4n) is 3.23. The number of hydrogen-bond acceptors (Lipinski definition) is 4. The topological polar surface area (TPSA) is 62.7 Å². The molecule has 0 saturated heterocycles. The third kappa shape index (κ3) is 6.08. The molecule has 0 aliphatic heterocycles. The lowest BCUT2D eigenvalue weighted by atomic mass is 10.0. The van der Waals surface area contributed by atoms with Gasteiger partial charge in [-0.3, -0.25) is 4.79 Å². The number of rotatable bonds is 8. The molecule has 0 saturated carbocycles. The molecular formula is C26H21ClFN3O2. The Hall–Kier alpha value is -3.90. The van der Waals surface area contributed by atoms with Gasteiger partial charge >= 0.3 is 0 Å². The third-order valence-electron chi connectivity index (χ3n) is 4.92. The maximum Gasteiger partial charge on any atom is 0.259 e. The van der Waals surface area contributed by atoms with E-state index < -0.39 is 0 Å². The van der Waals surface area contributed by atoms with Gasteiger partial charge < -0.3 is 10.1 Å². The van der Waals surface area contributed by atoms with Crippen LogP contribution in [0.1, 0.15) is 11.1 Å². The van der Waals surface area contributed by atoms with Crippen LogP contribution in [-0.2, 0) is 11.4 Å². The van der Waals surface area contributed by atoms with E-state index in [4.69, 9.17) is 16.3 Å². The van der Waals surface area contributed by atoms with Crippen molar-refractivity contribution in [3.63, 3.8) is 0 Å². The first kappa shape index (κ1) is 22.3. The molecule has 2 N–H and O–H groups in total. The van der Waals surface area contributed by atoms with E-state index in [2.05, 4.69) is 15.8 Å². The maximum atomic E-state index is 13.0. The van der Waals surface area contributed by atoms with E-state index in [9.17, 15) is 9.18 Å². The predicted molar refractivity (Wildman–Crippen MR) is 130 cm³/mol. The van der Waals surface area contributed by atoms with Gasteiger partial charge in [0.2, 0.25) is 0 Å². The Balaban J connectivity index is 1.45. The summed E-state index contributed by atoms with van der Waals surface area (Å²) in [5, 5.41) is 9.69. The molecule has 0 aromatic heterocycles. The van der Waals surface area contributed by atoms with Gasteiger partial charge in [0.1, 0.15) is 18.2 Å². The lowest BCUT2D eigenvalue weighted by Gasteiger charge is -2.12. The molecule has 0 aliphatic rings. The normalized spacial score (nSPS) is 11.0. The number of hydrazone groups is 1. The van der Waals surface area contributed by atoms with Gasteiger partial charge in [-0.25, -0.2) is 9.82 Å². The average molecular weight is 462 g/mol. The van der Waals surface area contributed by atoms with Crippen molar-refractivity contribution in [2.24, 2.45) is 5.10 Å². The molecule has 166 valence electrons. The minimum absolute atomic E-state index is 0.00155. The van der Waals surface area contributed by atoms with Crippen molar-refractivity contribution in [3.05, 3.63) is 107 Å². The quantitative estimate of drug-likeness (QED) is 0.258. The summed E-state index contributed by atoms with van der Waals surface area (Å²) in [4.78, 5) is 12.2. The number of ether oxygens (including phenoxy) is 1. The molecule has 0 fully saturated rings. The average Bonchev–Trinajstić information content (AvgIpc) is 2.84. The Bertz CT molecular complexity index is 1280. The van der Waals surface area contributed by atoms with E-state index in [1.54, 1.807) is 18.3 Å². The SMILES string of the molecule is O=C(CNc1ccc(F)cc1)N/N=C\c1c(OCc2ccc(Cl)cc2)ccc2ccccc12. The van der Waals surface area contributed by atoms with Crippen LogP contribution in [0.4, 0.5) is 10.1 Å². The molecule has 1 amide bonds. The first-order valence-electron chi connectivity index (χ1n) is 10.3. The largest absolute Gasteiger partial charge is 0.488 e. The summed E-state index contributed by atoms with van der Waals surface area (Å²) < 4.78 is 19.0. The van der Waals surface area contributed by atoms with E-state index in [1.165, 1.54) is 12.1 Å². The van der Waals surface area contributed by atoms with Crippen LogP contribution in [0.5, 0.6) is 5.75 Å². The van der Waals surface area contributed by atoms with Crippen molar-refractivity contribution < 1.29 is 13.9 Å². The molecule has 0 aliphatic carbocycles. The number of benzene rings is 4. The van der Waals surface area contributed by atoms with Crippen molar-refractivity contribution in [1.82, 2.24) is 5.43 Å². The fraction of sp³-hybridized carbons (Fsp3) is 0.0769. The number of fused-ring (bicyclic) bond motifs is 1. The Morgan fingerprint density at radius 1 is 0.970 bits per heavy atom. The van der Waals surface area contributed by atoms with Crippen LogP contribution in [-0.4, -0.2) is 18.7 Å². The molecule has 0 radical (unpaired) electrons. The van der Waals surface area contributed by atoms with Crippen LogP contribution in [0.3, 0.4) is 0 Å². The van der Waals surface area contributed by atoms with Crippen molar-refractivity contribution >= 4 is 40.2 Å². The van der Waals surface area contributed by atoms with Crippen LogP contribution in [0.15, 0.2) is 90.0 Å². The molecule has 33 heavy (non-hydrogen) atoms. The third-order valence-corrected chi connectivity index (χ3v) is 5.17. The first-order chi connectivity index (χ1) is 16.1. The summed E-state index contributed by atoms with van der Waals surface area (Å²) >= 11 is 5.95. The van der Waals surface area contributed by atoms with Gasteiger partial charge in [0.05, 0.1) is 12.8 Å². The second kappa shape index (κ2) is 10.6. The highest BCUT2D eigenvalue weighted by atomic mass is 35.5. The Kier molecular flexibility index (Phi) is 7.17. The van der Waals surface area contributed by atoms with Crippen LogP contribution >= 0.6 is 11.6 Å². The van der Waals surface area contributed by atoms with Gasteiger partial charge in [0.25, 0.3) is 5.91 Å². The zero-order valence-electron chi connectivity index (χ0n) is 17.6. The summed E-state index contributed by atoms with van der Waals surface area (Å²) in [6, 6.07) is 25.0. The molecule has 7 heteroatoms. The van der Waals surface area contributed by atoms with Crippen LogP contribution < -0.4 is 15.5 Å². The molecule has 4 aromatic carbocycles.